The number of hydrogen-bond acceptors (Lipinski definition) is 5. The Balaban J connectivity index is 1.81. The van der Waals surface area contributed by atoms with Crippen LogP contribution in [0.5, 0.6) is 0 Å². The molecule has 0 unspecified atom stereocenters. The Labute approximate surface area is 157 Å². The lowest BCUT2D eigenvalue weighted by Gasteiger charge is -2.17. The average molecular weight is 375 g/mol. The van der Waals surface area contributed by atoms with Crippen molar-refractivity contribution in [2.24, 2.45) is 0 Å². The Morgan fingerprint density at radius 3 is 1.92 bits per heavy atom. The molecule has 25 heavy (non-hydrogen) atoms. The van der Waals surface area contributed by atoms with Crippen LogP contribution in [0.25, 0.3) is 0 Å². The Hall–Kier alpha value is -1.69. The van der Waals surface area contributed by atoms with E-state index in [0.29, 0.717) is 6.61 Å². The topological polar surface area (TPSA) is 35.5 Å². The highest BCUT2D eigenvalue weighted by molar-refractivity contribution is 8.00. The zero-order chi connectivity index (χ0) is 17.7. The maximum Gasteiger partial charge on any atom is 0.330 e. The van der Waals surface area contributed by atoms with Gasteiger partial charge in [-0.1, -0.05) is 43.0 Å². The van der Waals surface area contributed by atoms with Gasteiger partial charge < -0.3 is 9.47 Å². The minimum Gasteiger partial charge on any atom is -0.460 e. The molecule has 0 saturated carbocycles. The van der Waals surface area contributed by atoms with Gasteiger partial charge in [0.1, 0.15) is 6.61 Å². The molecular weight excluding hydrogens is 352 g/mol. The first-order valence-corrected chi connectivity index (χ1v) is 10.0. The zero-order valence-electron chi connectivity index (χ0n) is 14.0. The molecule has 0 amide bonds. The van der Waals surface area contributed by atoms with Gasteiger partial charge in [-0.05, 0) is 24.3 Å². The van der Waals surface area contributed by atoms with Crippen LogP contribution < -0.4 is 0 Å². The second kappa shape index (κ2) is 11.8. The quantitative estimate of drug-likeness (QED) is 0.247. The van der Waals surface area contributed by atoms with Gasteiger partial charge in [0.25, 0.3) is 0 Å². The summed E-state index contributed by atoms with van der Waals surface area (Å²) in [5.74, 6) is 1.27. The fourth-order valence-electron chi connectivity index (χ4n) is 1.97. The van der Waals surface area contributed by atoms with E-state index in [4.69, 9.17) is 9.47 Å². The summed E-state index contributed by atoms with van der Waals surface area (Å²) in [6.45, 7) is 4.01. The smallest absolute Gasteiger partial charge is 0.330 e. The number of esters is 1. The van der Waals surface area contributed by atoms with Crippen LogP contribution in [0, 0.1) is 0 Å². The van der Waals surface area contributed by atoms with Crippen molar-refractivity contribution in [3.05, 3.63) is 73.3 Å². The van der Waals surface area contributed by atoms with Crippen LogP contribution in [0.15, 0.2) is 83.1 Å². The number of hydrogen-bond donors (Lipinski definition) is 0. The highest BCUT2D eigenvalue weighted by atomic mass is 32.2. The molecule has 0 saturated heterocycles. The van der Waals surface area contributed by atoms with Crippen LogP contribution in [-0.4, -0.2) is 36.8 Å². The molecular formula is C20H22O3S2. The number of carbonyl (C=O) groups is 1. The fraction of sp³-hybridized carbons (Fsp3) is 0.250. The Morgan fingerprint density at radius 2 is 1.44 bits per heavy atom. The van der Waals surface area contributed by atoms with E-state index in [0.717, 1.165) is 17.6 Å². The van der Waals surface area contributed by atoms with E-state index < -0.39 is 5.97 Å². The van der Waals surface area contributed by atoms with Crippen LogP contribution in [0.1, 0.15) is 0 Å². The maximum atomic E-state index is 11.1. The third-order valence-electron chi connectivity index (χ3n) is 3.21. The number of ether oxygens (including phenoxy) is 2. The Morgan fingerprint density at radius 1 is 0.920 bits per heavy atom. The largest absolute Gasteiger partial charge is 0.460 e. The first kappa shape index (κ1) is 19.6. The molecule has 3 nitrogen and oxygen atoms in total. The fourth-order valence-corrected chi connectivity index (χ4v) is 4.01. The van der Waals surface area contributed by atoms with Crippen molar-refractivity contribution < 1.29 is 14.3 Å². The van der Waals surface area contributed by atoms with Gasteiger partial charge in [0.2, 0.25) is 0 Å². The molecule has 0 bridgehead atoms. The molecule has 0 fully saturated rings. The zero-order valence-corrected chi connectivity index (χ0v) is 15.6. The van der Waals surface area contributed by atoms with Gasteiger partial charge in [-0.2, -0.15) is 0 Å². The minimum atomic E-state index is -0.419. The van der Waals surface area contributed by atoms with E-state index in [1.807, 2.05) is 36.4 Å². The SMILES string of the molecule is C=CC(=O)OCCOC(CSc1ccccc1)CSc1ccccc1. The third kappa shape index (κ3) is 8.29. The molecule has 2 aromatic carbocycles. The molecule has 2 aromatic rings. The number of rotatable bonds is 11. The molecule has 0 spiro atoms. The van der Waals surface area contributed by atoms with Crippen molar-refractivity contribution in [1.29, 1.82) is 0 Å². The molecule has 0 aliphatic rings. The van der Waals surface area contributed by atoms with Crippen LogP contribution in [0.4, 0.5) is 0 Å². The lowest BCUT2D eigenvalue weighted by atomic mass is 10.4. The Bertz CT molecular complexity index is 588. The summed E-state index contributed by atoms with van der Waals surface area (Å²) in [6.07, 6.45) is 1.23. The van der Waals surface area contributed by atoms with Crippen molar-refractivity contribution in [3.8, 4) is 0 Å². The third-order valence-corrected chi connectivity index (χ3v) is 5.49. The number of carbonyl (C=O) groups excluding carboxylic acids is 1. The highest BCUT2D eigenvalue weighted by Crippen LogP contribution is 2.24. The second-order valence-electron chi connectivity index (χ2n) is 5.11. The summed E-state index contributed by atoms with van der Waals surface area (Å²) >= 11 is 3.54. The molecule has 0 aliphatic carbocycles. The van der Waals surface area contributed by atoms with Gasteiger partial charge in [-0.15, -0.1) is 23.5 Å². The van der Waals surface area contributed by atoms with Gasteiger partial charge in [-0.3, -0.25) is 0 Å². The van der Waals surface area contributed by atoms with Crippen LogP contribution in [-0.2, 0) is 14.3 Å². The van der Waals surface area contributed by atoms with Crippen molar-refractivity contribution >= 4 is 29.5 Å². The van der Waals surface area contributed by atoms with Gasteiger partial charge in [0.05, 0.1) is 12.7 Å². The first-order chi connectivity index (χ1) is 12.3. The molecule has 0 aromatic heterocycles. The molecule has 2 rings (SSSR count). The van der Waals surface area contributed by atoms with E-state index in [1.165, 1.54) is 9.79 Å². The molecule has 0 radical (unpaired) electrons. The van der Waals surface area contributed by atoms with Gasteiger partial charge in [0, 0.05) is 27.4 Å². The van der Waals surface area contributed by atoms with E-state index in [-0.39, 0.29) is 12.7 Å². The average Bonchev–Trinajstić information content (AvgIpc) is 2.68. The van der Waals surface area contributed by atoms with E-state index >= 15 is 0 Å². The van der Waals surface area contributed by atoms with Crippen molar-refractivity contribution in [2.45, 2.75) is 15.9 Å². The number of thioether (sulfide) groups is 2. The number of benzene rings is 2. The van der Waals surface area contributed by atoms with Crippen LogP contribution in [0.3, 0.4) is 0 Å². The second-order valence-corrected chi connectivity index (χ2v) is 7.30. The maximum absolute atomic E-state index is 11.1. The molecule has 5 heteroatoms. The van der Waals surface area contributed by atoms with E-state index in [2.05, 4.69) is 30.8 Å². The van der Waals surface area contributed by atoms with E-state index in [9.17, 15) is 4.79 Å². The molecule has 0 N–H and O–H groups in total. The normalized spacial score (nSPS) is 10.6. The predicted molar refractivity (Wildman–Crippen MR) is 105 cm³/mol. The predicted octanol–water partition coefficient (Wildman–Crippen LogP) is 4.69. The monoisotopic (exact) mass is 374 g/mol. The summed E-state index contributed by atoms with van der Waals surface area (Å²) in [5, 5.41) is 0. The first-order valence-electron chi connectivity index (χ1n) is 8.04. The van der Waals surface area contributed by atoms with Crippen LogP contribution >= 0.6 is 23.5 Å². The standard InChI is InChI=1S/C20H22O3S2/c1-2-20(21)23-14-13-22-17(15-24-18-9-5-3-6-10-18)16-25-19-11-7-4-8-12-19/h2-12,17H,1,13-16H2. The van der Waals surface area contributed by atoms with Gasteiger partial charge >= 0.3 is 5.97 Å². The van der Waals surface area contributed by atoms with Crippen molar-refractivity contribution in [1.82, 2.24) is 0 Å². The lowest BCUT2D eigenvalue weighted by Crippen LogP contribution is -2.22. The summed E-state index contributed by atoms with van der Waals surface area (Å²) in [4.78, 5) is 13.5. The van der Waals surface area contributed by atoms with Crippen LogP contribution in [0.2, 0.25) is 0 Å². The lowest BCUT2D eigenvalue weighted by molar-refractivity contribution is -0.139. The van der Waals surface area contributed by atoms with E-state index in [1.54, 1.807) is 23.5 Å². The van der Waals surface area contributed by atoms with Crippen molar-refractivity contribution in [2.75, 3.05) is 24.7 Å². The summed E-state index contributed by atoms with van der Waals surface area (Å²) < 4.78 is 10.9. The minimum absolute atomic E-state index is 0.0674. The molecule has 0 heterocycles. The molecule has 132 valence electrons. The highest BCUT2D eigenvalue weighted by Gasteiger charge is 2.11. The Kier molecular flexibility index (Phi) is 9.26. The summed E-state index contributed by atoms with van der Waals surface area (Å²) in [7, 11) is 0. The van der Waals surface area contributed by atoms with Gasteiger partial charge in [0.15, 0.2) is 0 Å². The van der Waals surface area contributed by atoms with Crippen molar-refractivity contribution in [3.63, 3.8) is 0 Å². The van der Waals surface area contributed by atoms with Gasteiger partial charge in [-0.25, -0.2) is 4.79 Å². The summed E-state index contributed by atoms with van der Waals surface area (Å²) in [6, 6.07) is 20.5. The molecule has 0 atom stereocenters. The molecule has 0 aliphatic heterocycles. The summed E-state index contributed by atoms with van der Waals surface area (Å²) in [5.41, 5.74) is 0.